The molecule has 6 nitrogen and oxygen atoms in total. The molecule has 0 bridgehead atoms. The summed E-state index contributed by atoms with van der Waals surface area (Å²) in [5, 5.41) is 3.25. The number of para-hydroxylation sites is 1. The Morgan fingerprint density at radius 2 is 1.73 bits per heavy atom. The van der Waals surface area contributed by atoms with Crippen LogP contribution in [0.25, 0.3) is 22.3 Å². The van der Waals surface area contributed by atoms with E-state index in [1.807, 2.05) is 18.2 Å². The minimum absolute atomic E-state index is 0.178. The first-order valence-electron chi connectivity index (χ1n) is 9.26. The molecule has 0 unspecified atom stereocenters. The van der Waals surface area contributed by atoms with E-state index >= 15 is 0 Å². The fourth-order valence-electron chi connectivity index (χ4n) is 3.18. The number of fused-ring (bicyclic) bond motifs is 1. The average molecular weight is 401 g/mol. The third kappa shape index (κ3) is 3.75. The molecule has 0 atom stereocenters. The topological polar surface area (TPSA) is 77.8 Å². The predicted octanol–water partition coefficient (Wildman–Crippen LogP) is 4.73. The second kappa shape index (κ2) is 8.13. The molecule has 1 amide bonds. The van der Waals surface area contributed by atoms with Crippen molar-refractivity contribution in [2.75, 3.05) is 19.5 Å². The molecule has 1 N–H and O–H groups in total. The fourth-order valence-corrected chi connectivity index (χ4v) is 3.18. The molecule has 4 rings (SSSR count). The Hall–Kier alpha value is -4.06. The largest absolute Gasteiger partial charge is 0.497 e. The highest BCUT2D eigenvalue weighted by atomic mass is 16.5. The lowest BCUT2D eigenvalue weighted by molar-refractivity contribution is 0.102. The molecule has 0 aliphatic heterocycles. The molecule has 0 aliphatic carbocycles. The minimum atomic E-state index is -0.295. The van der Waals surface area contributed by atoms with Gasteiger partial charge in [0.05, 0.1) is 25.2 Å². The van der Waals surface area contributed by atoms with Crippen LogP contribution in [0.5, 0.6) is 11.5 Å². The quantitative estimate of drug-likeness (QED) is 0.523. The molecule has 150 valence electrons. The van der Waals surface area contributed by atoms with Crippen LogP contribution in [0.4, 0.5) is 5.69 Å². The molecule has 0 aliphatic rings. The van der Waals surface area contributed by atoms with Crippen LogP contribution >= 0.6 is 0 Å². The lowest BCUT2D eigenvalue weighted by Gasteiger charge is -2.10. The second-order valence-corrected chi connectivity index (χ2v) is 6.57. The second-order valence-electron chi connectivity index (χ2n) is 6.57. The summed E-state index contributed by atoms with van der Waals surface area (Å²) in [6.45, 7) is 0. The molecule has 6 heteroatoms. The van der Waals surface area contributed by atoms with Crippen LogP contribution in [-0.2, 0) is 0 Å². The number of anilines is 1. The van der Waals surface area contributed by atoms with Gasteiger partial charge in [-0.05, 0) is 42.5 Å². The number of nitrogens with one attached hydrogen (secondary N) is 1. The van der Waals surface area contributed by atoms with Crippen molar-refractivity contribution in [1.29, 1.82) is 0 Å². The molecule has 0 spiro atoms. The Morgan fingerprint density at radius 3 is 2.53 bits per heavy atom. The van der Waals surface area contributed by atoms with Crippen molar-refractivity contribution in [3.63, 3.8) is 0 Å². The highest BCUT2D eigenvalue weighted by Crippen LogP contribution is 2.31. The van der Waals surface area contributed by atoms with Gasteiger partial charge in [-0.3, -0.25) is 9.59 Å². The van der Waals surface area contributed by atoms with Gasteiger partial charge in [-0.1, -0.05) is 18.2 Å². The van der Waals surface area contributed by atoms with Gasteiger partial charge in [0, 0.05) is 23.4 Å². The van der Waals surface area contributed by atoms with Crippen LogP contribution in [-0.4, -0.2) is 20.1 Å². The van der Waals surface area contributed by atoms with Crippen molar-refractivity contribution in [3.8, 4) is 22.8 Å². The van der Waals surface area contributed by atoms with E-state index in [1.54, 1.807) is 62.8 Å². The summed E-state index contributed by atoms with van der Waals surface area (Å²) in [5.74, 6) is 1.29. The Morgan fingerprint density at radius 1 is 0.900 bits per heavy atom. The van der Waals surface area contributed by atoms with Crippen LogP contribution in [0.3, 0.4) is 0 Å². The molecule has 0 saturated carbocycles. The van der Waals surface area contributed by atoms with Crippen molar-refractivity contribution < 1.29 is 18.7 Å². The third-order valence-corrected chi connectivity index (χ3v) is 4.69. The minimum Gasteiger partial charge on any atom is -0.497 e. The van der Waals surface area contributed by atoms with E-state index in [4.69, 9.17) is 13.9 Å². The Labute approximate surface area is 172 Å². The van der Waals surface area contributed by atoms with Crippen LogP contribution in [0.15, 0.2) is 82.0 Å². The summed E-state index contributed by atoms with van der Waals surface area (Å²) >= 11 is 0. The molecular formula is C24H19NO5. The lowest BCUT2D eigenvalue weighted by Crippen LogP contribution is -2.12. The number of hydrogen-bond donors (Lipinski definition) is 1. The molecule has 1 heterocycles. The number of ether oxygens (including phenoxy) is 2. The normalized spacial score (nSPS) is 10.6. The summed E-state index contributed by atoms with van der Waals surface area (Å²) in [6.07, 6.45) is 0. The summed E-state index contributed by atoms with van der Waals surface area (Å²) in [5.41, 5.74) is 1.83. The van der Waals surface area contributed by atoms with E-state index in [1.165, 1.54) is 6.07 Å². The van der Waals surface area contributed by atoms with Gasteiger partial charge in [0.1, 0.15) is 22.8 Å². The first kappa shape index (κ1) is 19.3. The van der Waals surface area contributed by atoms with Gasteiger partial charge in [0.15, 0.2) is 5.43 Å². The standard InChI is InChI=1S/C24H19NO5/c1-28-17-7-5-6-15(12-17)24(27)25-16-10-11-18-20(26)14-23(30-22(18)13-16)19-8-3-4-9-21(19)29-2/h3-14H,1-2H3,(H,25,27). The number of carbonyl (C=O) groups is 1. The van der Waals surface area contributed by atoms with Gasteiger partial charge in [-0.2, -0.15) is 0 Å². The van der Waals surface area contributed by atoms with Gasteiger partial charge in [-0.25, -0.2) is 0 Å². The molecular weight excluding hydrogens is 382 g/mol. The van der Waals surface area contributed by atoms with E-state index in [0.29, 0.717) is 45.0 Å². The highest BCUT2D eigenvalue weighted by molar-refractivity contribution is 6.05. The first-order valence-corrected chi connectivity index (χ1v) is 9.26. The number of rotatable bonds is 5. The fraction of sp³-hybridized carbons (Fsp3) is 0.0833. The van der Waals surface area contributed by atoms with E-state index in [2.05, 4.69) is 5.32 Å². The van der Waals surface area contributed by atoms with Crippen molar-refractivity contribution in [2.45, 2.75) is 0 Å². The number of hydrogen-bond acceptors (Lipinski definition) is 5. The summed E-state index contributed by atoms with van der Waals surface area (Å²) in [6, 6.07) is 20.5. The van der Waals surface area contributed by atoms with E-state index in [0.717, 1.165) is 0 Å². The maximum absolute atomic E-state index is 12.6. The van der Waals surface area contributed by atoms with E-state index in [-0.39, 0.29) is 11.3 Å². The predicted molar refractivity (Wildman–Crippen MR) is 115 cm³/mol. The van der Waals surface area contributed by atoms with Crippen LogP contribution in [0.2, 0.25) is 0 Å². The highest BCUT2D eigenvalue weighted by Gasteiger charge is 2.13. The monoisotopic (exact) mass is 401 g/mol. The van der Waals surface area contributed by atoms with E-state index in [9.17, 15) is 9.59 Å². The SMILES string of the molecule is COc1cccc(C(=O)Nc2ccc3c(=O)cc(-c4ccccc4OC)oc3c2)c1. The Balaban J connectivity index is 1.71. The number of benzene rings is 3. The Bertz CT molecular complexity index is 1290. The third-order valence-electron chi connectivity index (χ3n) is 4.69. The smallest absolute Gasteiger partial charge is 0.255 e. The van der Waals surface area contributed by atoms with Gasteiger partial charge < -0.3 is 19.2 Å². The zero-order chi connectivity index (χ0) is 21.1. The van der Waals surface area contributed by atoms with Crippen molar-refractivity contribution in [2.24, 2.45) is 0 Å². The van der Waals surface area contributed by atoms with Crippen LogP contribution in [0.1, 0.15) is 10.4 Å². The number of methoxy groups -OCH3 is 2. The zero-order valence-corrected chi connectivity index (χ0v) is 16.5. The summed E-state index contributed by atoms with van der Waals surface area (Å²) < 4.78 is 16.5. The van der Waals surface area contributed by atoms with Crippen LogP contribution in [0, 0.1) is 0 Å². The zero-order valence-electron chi connectivity index (χ0n) is 16.5. The molecule has 1 aromatic heterocycles. The van der Waals surface area contributed by atoms with Crippen molar-refractivity contribution in [1.82, 2.24) is 0 Å². The molecule has 0 radical (unpaired) electrons. The van der Waals surface area contributed by atoms with Gasteiger partial charge in [0.25, 0.3) is 5.91 Å². The molecule has 3 aromatic carbocycles. The first-order chi connectivity index (χ1) is 14.6. The Kier molecular flexibility index (Phi) is 5.22. The molecule has 0 saturated heterocycles. The molecule has 30 heavy (non-hydrogen) atoms. The van der Waals surface area contributed by atoms with Crippen molar-refractivity contribution >= 4 is 22.6 Å². The number of amides is 1. The van der Waals surface area contributed by atoms with Crippen LogP contribution < -0.4 is 20.2 Å². The summed E-state index contributed by atoms with van der Waals surface area (Å²) in [4.78, 5) is 25.2. The maximum atomic E-state index is 12.6. The van der Waals surface area contributed by atoms with Crippen molar-refractivity contribution in [3.05, 3.63) is 88.6 Å². The van der Waals surface area contributed by atoms with Gasteiger partial charge in [-0.15, -0.1) is 0 Å². The molecule has 0 fully saturated rings. The maximum Gasteiger partial charge on any atom is 0.255 e. The lowest BCUT2D eigenvalue weighted by atomic mass is 10.1. The van der Waals surface area contributed by atoms with Gasteiger partial charge >= 0.3 is 0 Å². The average Bonchev–Trinajstić information content (AvgIpc) is 2.78. The molecule has 4 aromatic rings. The van der Waals surface area contributed by atoms with Gasteiger partial charge in [0.2, 0.25) is 0 Å². The number of carbonyl (C=O) groups excluding carboxylic acids is 1. The summed E-state index contributed by atoms with van der Waals surface area (Å²) in [7, 11) is 3.10. The van der Waals surface area contributed by atoms with E-state index < -0.39 is 0 Å².